The third-order valence-electron chi connectivity index (χ3n) is 11.1. The van der Waals surface area contributed by atoms with Crippen molar-refractivity contribution in [2.24, 2.45) is 0 Å². The number of nitrogens with zero attached hydrogens (tertiary/aromatic N) is 4. The van der Waals surface area contributed by atoms with E-state index in [1.54, 1.807) is 0 Å². The molecular formula is C52H34N4. The number of fused-ring (bicyclic) bond motifs is 6. The highest BCUT2D eigenvalue weighted by molar-refractivity contribution is 6.12. The first-order valence-electron chi connectivity index (χ1n) is 19.0. The molecule has 3 aromatic heterocycles. The first-order valence-corrected chi connectivity index (χ1v) is 19.0. The Morgan fingerprint density at radius 2 is 0.768 bits per heavy atom. The molecule has 262 valence electrons. The Balaban J connectivity index is 0.959. The van der Waals surface area contributed by atoms with Crippen LogP contribution < -0.4 is 0 Å². The summed E-state index contributed by atoms with van der Waals surface area (Å²) in [6.45, 7) is 0. The Labute approximate surface area is 324 Å². The molecule has 0 fully saturated rings. The second-order valence-corrected chi connectivity index (χ2v) is 14.3. The van der Waals surface area contributed by atoms with Crippen LogP contribution in [0.3, 0.4) is 0 Å². The molecule has 8 aromatic carbocycles. The Kier molecular flexibility index (Phi) is 7.46. The van der Waals surface area contributed by atoms with E-state index in [0.29, 0.717) is 5.95 Å². The van der Waals surface area contributed by atoms with Crippen LogP contribution in [0.1, 0.15) is 0 Å². The van der Waals surface area contributed by atoms with E-state index in [9.17, 15) is 0 Å². The third-order valence-corrected chi connectivity index (χ3v) is 11.1. The van der Waals surface area contributed by atoms with E-state index in [4.69, 9.17) is 9.97 Å². The predicted octanol–water partition coefficient (Wildman–Crippen LogP) is 13.3. The smallest absolute Gasteiger partial charge is 0.234 e. The van der Waals surface area contributed by atoms with Crippen LogP contribution in [0.15, 0.2) is 207 Å². The van der Waals surface area contributed by atoms with E-state index in [0.717, 1.165) is 27.8 Å². The van der Waals surface area contributed by atoms with Gasteiger partial charge in [0.15, 0.2) is 0 Å². The van der Waals surface area contributed by atoms with Gasteiger partial charge < -0.3 is 4.57 Å². The Hall–Kier alpha value is -7.56. The van der Waals surface area contributed by atoms with Gasteiger partial charge in [-0.15, -0.1) is 0 Å². The molecule has 0 bridgehead atoms. The quantitative estimate of drug-likeness (QED) is 0.172. The Morgan fingerprint density at radius 1 is 0.286 bits per heavy atom. The molecule has 4 nitrogen and oxygen atoms in total. The van der Waals surface area contributed by atoms with Crippen LogP contribution in [0.25, 0.3) is 99.8 Å². The molecule has 56 heavy (non-hydrogen) atoms. The van der Waals surface area contributed by atoms with Crippen molar-refractivity contribution in [3.8, 4) is 56.1 Å². The summed E-state index contributed by atoms with van der Waals surface area (Å²) in [7, 11) is 0. The van der Waals surface area contributed by atoms with E-state index in [1.807, 2.05) is 12.4 Å². The van der Waals surface area contributed by atoms with E-state index in [1.165, 1.54) is 66.0 Å². The fraction of sp³-hybridized carbons (Fsp3) is 0. The zero-order chi connectivity index (χ0) is 37.0. The summed E-state index contributed by atoms with van der Waals surface area (Å²) in [6, 6.07) is 69.3. The van der Waals surface area contributed by atoms with Crippen molar-refractivity contribution < 1.29 is 0 Å². The minimum Gasteiger partial charge on any atom is -0.309 e. The van der Waals surface area contributed by atoms with E-state index < -0.39 is 0 Å². The highest BCUT2D eigenvalue weighted by Gasteiger charge is 2.17. The summed E-state index contributed by atoms with van der Waals surface area (Å²) in [4.78, 5) is 9.91. The molecule has 0 aliphatic heterocycles. The van der Waals surface area contributed by atoms with Gasteiger partial charge in [0.2, 0.25) is 5.95 Å². The molecule has 0 atom stereocenters. The largest absolute Gasteiger partial charge is 0.309 e. The number of hydrogen-bond donors (Lipinski definition) is 0. The van der Waals surface area contributed by atoms with Crippen LogP contribution in [0.4, 0.5) is 0 Å². The standard InChI is InChI=1S/C52H34N4/c1-3-13-36(14-4-1)42-17-7-8-18-43(42)37-25-23-35(24-26-37)40-33-53-52(54-34-40)56-49-22-12-10-20-45(49)47-31-38(28-30-50(47)56)39-27-29-46-44-19-9-11-21-48(44)55(51(46)32-39)41-15-5-2-6-16-41/h1-34H. The van der Waals surface area contributed by atoms with Crippen molar-refractivity contribution in [3.05, 3.63) is 207 Å². The number of aromatic nitrogens is 4. The van der Waals surface area contributed by atoms with Crippen LogP contribution in [-0.2, 0) is 0 Å². The molecule has 0 N–H and O–H groups in total. The lowest BCUT2D eigenvalue weighted by Crippen LogP contribution is -2.00. The van der Waals surface area contributed by atoms with E-state index in [2.05, 4.69) is 203 Å². The van der Waals surface area contributed by atoms with Gasteiger partial charge in [-0.25, -0.2) is 9.97 Å². The van der Waals surface area contributed by atoms with Gasteiger partial charge in [-0.2, -0.15) is 0 Å². The van der Waals surface area contributed by atoms with Crippen molar-refractivity contribution in [2.45, 2.75) is 0 Å². The normalized spacial score (nSPS) is 11.6. The summed E-state index contributed by atoms with van der Waals surface area (Å²) in [6.07, 6.45) is 3.87. The molecule has 0 aliphatic rings. The van der Waals surface area contributed by atoms with Gasteiger partial charge in [-0.05, 0) is 81.4 Å². The molecule has 0 aliphatic carbocycles. The van der Waals surface area contributed by atoms with Crippen molar-refractivity contribution in [1.29, 1.82) is 0 Å². The molecule has 0 spiro atoms. The summed E-state index contributed by atoms with van der Waals surface area (Å²) in [5.74, 6) is 0.648. The molecule has 0 unspecified atom stereocenters. The second kappa shape index (κ2) is 13.1. The summed E-state index contributed by atoms with van der Waals surface area (Å²) in [5.41, 5.74) is 14.9. The lowest BCUT2D eigenvalue weighted by Gasteiger charge is -2.11. The first-order chi connectivity index (χ1) is 27.8. The highest BCUT2D eigenvalue weighted by Crippen LogP contribution is 2.38. The SMILES string of the molecule is c1ccc(-c2ccccc2-c2ccc(-c3cnc(-n4c5ccccc5c5cc(-c6ccc7c8ccccc8n(-c8ccccc8)c7c6)ccc54)nc3)cc2)cc1. The molecule has 0 saturated carbocycles. The van der Waals surface area contributed by atoms with Crippen LogP contribution in [0.2, 0.25) is 0 Å². The van der Waals surface area contributed by atoms with Crippen molar-refractivity contribution >= 4 is 43.6 Å². The highest BCUT2D eigenvalue weighted by atomic mass is 15.1. The zero-order valence-electron chi connectivity index (χ0n) is 30.4. The van der Waals surface area contributed by atoms with Gasteiger partial charge in [0, 0.05) is 45.2 Å². The molecular weight excluding hydrogens is 681 g/mol. The molecule has 0 radical (unpaired) electrons. The monoisotopic (exact) mass is 714 g/mol. The molecule has 3 heterocycles. The third kappa shape index (κ3) is 5.23. The van der Waals surface area contributed by atoms with Crippen molar-refractivity contribution in [3.63, 3.8) is 0 Å². The first kappa shape index (κ1) is 31.9. The summed E-state index contributed by atoms with van der Waals surface area (Å²) >= 11 is 0. The van der Waals surface area contributed by atoms with Gasteiger partial charge in [0.25, 0.3) is 0 Å². The van der Waals surface area contributed by atoms with Crippen molar-refractivity contribution in [2.75, 3.05) is 0 Å². The van der Waals surface area contributed by atoms with E-state index in [-0.39, 0.29) is 0 Å². The van der Waals surface area contributed by atoms with Gasteiger partial charge in [-0.3, -0.25) is 4.57 Å². The summed E-state index contributed by atoms with van der Waals surface area (Å²) in [5, 5.41) is 4.84. The number of para-hydroxylation sites is 3. The molecule has 0 amide bonds. The van der Waals surface area contributed by atoms with Crippen molar-refractivity contribution in [1.82, 2.24) is 19.1 Å². The van der Waals surface area contributed by atoms with Crippen LogP contribution >= 0.6 is 0 Å². The lowest BCUT2D eigenvalue weighted by atomic mass is 9.94. The minimum atomic E-state index is 0.648. The number of benzene rings is 8. The van der Waals surface area contributed by atoms with Gasteiger partial charge in [0.1, 0.15) is 0 Å². The maximum atomic E-state index is 4.96. The van der Waals surface area contributed by atoms with E-state index >= 15 is 0 Å². The van der Waals surface area contributed by atoms with Gasteiger partial charge in [-0.1, -0.05) is 152 Å². The van der Waals surface area contributed by atoms with Crippen LogP contribution in [0, 0.1) is 0 Å². The molecule has 0 saturated heterocycles. The average Bonchev–Trinajstić information content (AvgIpc) is 3.79. The van der Waals surface area contributed by atoms with Crippen LogP contribution in [0.5, 0.6) is 0 Å². The maximum absolute atomic E-state index is 4.96. The fourth-order valence-electron chi connectivity index (χ4n) is 8.41. The number of hydrogen-bond acceptors (Lipinski definition) is 2. The van der Waals surface area contributed by atoms with Gasteiger partial charge in [0.05, 0.1) is 22.1 Å². The topological polar surface area (TPSA) is 35.6 Å². The second-order valence-electron chi connectivity index (χ2n) is 14.3. The fourth-order valence-corrected chi connectivity index (χ4v) is 8.41. The van der Waals surface area contributed by atoms with Gasteiger partial charge >= 0.3 is 0 Å². The lowest BCUT2D eigenvalue weighted by molar-refractivity contribution is 0.990. The molecule has 11 aromatic rings. The zero-order valence-corrected chi connectivity index (χ0v) is 30.4. The Bertz CT molecular complexity index is 3210. The number of rotatable bonds is 6. The van der Waals surface area contributed by atoms with Crippen LogP contribution in [-0.4, -0.2) is 19.1 Å². The summed E-state index contributed by atoms with van der Waals surface area (Å²) < 4.78 is 4.55. The molecule has 11 rings (SSSR count). The minimum absolute atomic E-state index is 0.648. The predicted molar refractivity (Wildman–Crippen MR) is 232 cm³/mol. The maximum Gasteiger partial charge on any atom is 0.234 e. The molecule has 4 heteroatoms. The average molecular weight is 715 g/mol. The Morgan fingerprint density at radius 3 is 1.48 bits per heavy atom.